The van der Waals surface area contributed by atoms with Gasteiger partial charge in [-0.25, -0.2) is 5.01 Å². The fraction of sp³-hybridized carbons (Fsp3) is 1.00. The maximum atomic E-state index is 5.61. The third-order valence-corrected chi connectivity index (χ3v) is 2.37. The van der Waals surface area contributed by atoms with Crippen LogP contribution in [0.15, 0.2) is 0 Å². The van der Waals surface area contributed by atoms with Crippen LogP contribution in [0, 0.1) is 0 Å². The Morgan fingerprint density at radius 3 is 2.00 bits per heavy atom. The summed E-state index contributed by atoms with van der Waals surface area (Å²) in [6, 6.07) is 1.56. The van der Waals surface area contributed by atoms with E-state index >= 15 is 0 Å². The molecule has 8 heavy (non-hydrogen) atoms. The van der Waals surface area contributed by atoms with Crippen molar-refractivity contribution in [2.45, 2.75) is 37.8 Å². The molecule has 1 aliphatic carbocycles. The smallest absolute Gasteiger partial charge is 0.0414 e. The van der Waals surface area contributed by atoms with Gasteiger partial charge in [-0.1, -0.05) is 12.8 Å². The molecule has 0 radical (unpaired) electrons. The van der Waals surface area contributed by atoms with Crippen molar-refractivity contribution >= 4 is 0 Å². The van der Waals surface area contributed by atoms with E-state index in [0.717, 1.165) is 12.1 Å². The number of nitrogens with zero attached hydrogens (tertiary/aromatic N) is 1. The molecule has 1 aliphatic heterocycles. The Bertz CT molecular complexity index is 90.7. The van der Waals surface area contributed by atoms with Crippen molar-refractivity contribution in [2.75, 3.05) is 0 Å². The van der Waals surface area contributed by atoms with Crippen LogP contribution in [0.3, 0.4) is 0 Å². The molecule has 2 fully saturated rings. The highest BCUT2D eigenvalue weighted by molar-refractivity contribution is 5.00. The number of hydrogen-bond acceptors (Lipinski definition) is 2. The van der Waals surface area contributed by atoms with Gasteiger partial charge in [0.05, 0.1) is 0 Å². The minimum absolute atomic E-state index is 0.781. The van der Waals surface area contributed by atoms with E-state index in [9.17, 15) is 0 Å². The van der Waals surface area contributed by atoms with Crippen molar-refractivity contribution in [2.24, 2.45) is 5.84 Å². The molecule has 2 heteroatoms. The van der Waals surface area contributed by atoms with Gasteiger partial charge in [0.15, 0.2) is 0 Å². The van der Waals surface area contributed by atoms with Crippen molar-refractivity contribution in [3.05, 3.63) is 0 Å². The standard InChI is InChI=1S/C6H12N2/c7-8-5-3-1-2-4-6(5)8/h5-6H,1-4,7H2/t5-,6+,8?. The first-order valence-electron chi connectivity index (χ1n) is 3.42. The quantitative estimate of drug-likeness (QED) is 0.365. The lowest BCUT2D eigenvalue weighted by Gasteiger charge is -2.02. The summed E-state index contributed by atoms with van der Waals surface area (Å²) < 4.78 is 0. The molecule has 2 N–H and O–H groups in total. The van der Waals surface area contributed by atoms with E-state index in [2.05, 4.69) is 0 Å². The Labute approximate surface area is 49.6 Å². The summed E-state index contributed by atoms with van der Waals surface area (Å²) in [5.41, 5.74) is 0. The molecule has 1 unspecified atom stereocenters. The molecule has 1 saturated heterocycles. The van der Waals surface area contributed by atoms with Gasteiger partial charge >= 0.3 is 0 Å². The van der Waals surface area contributed by atoms with Crippen molar-refractivity contribution < 1.29 is 0 Å². The van der Waals surface area contributed by atoms with Gasteiger partial charge in [-0.3, -0.25) is 5.84 Å². The second kappa shape index (κ2) is 1.45. The van der Waals surface area contributed by atoms with Gasteiger partial charge in [0.1, 0.15) is 0 Å². The van der Waals surface area contributed by atoms with Crippen LogP contribution in [0.5, 0.6) is 0 Å². The number of rotatable bonds is 0. The Morgan fingerprint density at radius 2 is 1.62 bits per heavy atom. The van der Waals surface area contributed by atoms with Gasteiger partial charge in [-0.15, -0.1) is 0 Å². The minimum Gasteiger partial charge on any atom is -0.268 e. The van der Waals surface area contributed by atoms with Gasteiger partial charge in [-0.05, 0) is 12.8 Å². The topological polar surface area (TPSA) is 29.0 Å². The lowest BCUT2D eigenvalue weighted by Crippen LogP contribution is -2.09. The molecular formula is C6H12N2. The van der Waals surface area contributed by atoms with Crippen molar-refractivity contribution in [3.63, 3.8) is 0 Å². The Balaban J connectivity index is 1.97. The summed E-state index contributed by atoms with van der Waals surface area (Å²) in [6.45, 7) is 0. The summed E-state index contributed by atoms with van der Waals surface area (Å²) in [7, 11) is 0. The Morgan fingerprint density at radius 1 is 1.12 bits per heavy atom. The fourth-order valence-electron chi connectivity index (χ4n) is 1.75. The van der Waals surface area contributed by atoms with Gasteiger partial charge in [-0.2, -0.15) is 0 Å². The number of hydrazine groups is 1. The van der Waals surface area contributed by atoms with E-state index < -0.39 is 0 Å². The van der Waals surface area contributed by atoms with Crippen LogP contribution in [0.4, 0.5) is 0 Å². The summed E-state index contributed by atoms with van der Waals surface area (Å²) in [5.74, 6) is 5.61. The molecule has 0 bridgehead atoms. The van der Waals surface area contributed by atoms with Crippen LogP contribution in [-0.2, 0) is 0 Å². The predicted octanol–water partition coefficient (Wildman–Crippen LogP) is 0.487. The zero-order valence-corrected chi connectivity index (χ0v) is 5.01. The SMILES string of the molecule is NN1[C@@H]2CCCC[C@@H]21. The second-order valence-corrected chi connectivity index (χ2v) is 2.87. The summed E-state index contributed by atoms with van der Waals surface area (Å²) >= 11 is 0. The maximum absolute atomic E-state index is 5.61. The molecule has 0 aromatic rings. The molecule has 3 atom stereocenters. The first-order chi connectivity index (χ1) is 3.89. The number of nitrogens with two attached hydrogens (primary N) is 1. The van der Waals surface area contributed by atoms with Crippen LogP contribution in [0.1, 0.15) is 25.7 Å². The predicted molar refractivity (Wildman–Crippen MR) is 32.1 cm³/mol. The van der Waals surface area contributed by atoms with E-state index in [1.807, 2.05) is 5.01 Å². The Kier molecular flexibility index (Phi) is 0.866. The second-order valence-electron chi connectivity index (χ2n) is 2.87. The summed E-state index contributed by atoms with van der Waals surface area (Å²) in [6.07, 6.45) is 5.49. The number of fused-ring (bicyclic) bond motifs is 1. The number of hydrogen-bond donors (Lipinski definition) is 1. The molecule has 0 spiro atoms. The largest absolute Gasteiger partial charge is 0.268 e. The van der Waals surface area contributed by atoms with E-state index in [1.54, 1.807) is 0 Å². The molecule has 2 nitrogen and oxygen atoms in total. The molecule has 2 aliphatic rings. The zero-order chi connectivity index (χ0) is 5.56. The average molecular weight is 112 g/mol. The third kappa shape index (κ3) is 0.501. The van der Waals surface area contributed by atoms with Gasteiger partial charge in [0, 0.05) is 12.1 Å². The molecule has 0 aromatic carbocycles. The highest BCUT2D eigenvalue weighted by atomic mass is 15.6. The van der Waals surface area contributed by atoms with Crippen molar-refractivity contribution in [1.82, 2.24) is 5.01 Å². The van der Waals surface area contributed by atoms with E-state index in [0.29, 0.717) is 0 Å². The molecule has 0 amide bonds. The third-order valence-electron chi connectivity index (χ3n) is 2.37. The van der Waals surface area contributed by atoms with Gasteiger partial charge in [0.25, 0.3) is 0 Å². The highest BCUT2D eigenvalue weighted by Gasteiger charge is 2.46. The van der Waals surface area contributed by atoms with E-state index in [-0.39, 0.29) is 0 Å². The molecular weight excluding hydrogens is 100 g/mol. The van der Waals surface area contributed by atoms with E-state index in [1.165, 1.54) is 25.7 Å². The van der Waals surface area contributed by atoms with Crippen molar-refractivity contribution in [3.8, 4) is 0 Å². The van der Waals surface area contributed by atoms with Crippen LogP contribution in [0.25, 0.3) is 0 Å². The highest BCUT2D eigenvalue weighted by Crippen LogP contribution is 2.36. The first-order valence-corrected chi connectivity index (χ1v) is 3.42. The minimum atomic E-state index is 0.781. The summed E-state index contributed by atoms with van der Waals surface area (Å²) in [4.78, 5) is 0. The average Bonchev–Trinajstić information content (AvgIpc) is 2.46. The first kappa shape index (κ1) is 4.77. The molecule has 0 aromatic heterocycles. The van der Waals surface area contributed by atoms with Gasteiger partial charge < -0.3 is 0 Å². The molecule has 46 valence electrons. The molecule has 1 saturated carbocycles. The zero-order valence-electron chi connectivity index (χ0n) is 5.01. The Hall–Kier alpha value is -0.0800. The lowest BCUT2D eigenvalue weighted by molar-refractivity contribution is 0.507. The molecule has 2 rings (SSSR count). The van der Waals surface area contributed by atoms with Gasteiger partial charge in [0.2, 0.25) is 0 Å². The monoisotopic (exact) mass is 112 g/mol. The van der Waals surface area contributed by atoms with Crippen molar-refractivity contribution in [1.29, 1.82) is 0 Å². The molecule has 1 heterocycles. The van der Waals surface area contributed by atoms with E-state index in [4.69, 9.17) is 5.84 Å². The normalized spacial score (nSPS) is 52.9. The van der Waals surface area contributed by atoms with Crippen LogP contribution in [-0.4, -0.2) is 17.1 Å². The summed E-state index contributed by atoms with van der Waals surface area (Å²) in [5, 5.41) is 2.01. The van der Waals surface area contributed by atoms with Crippen LogP contribution >= 0.6 is 0 Å². The fourth-order valence-corrected chi connectivity index (χ4v) is 1.75. The lowest BCUT2D eigenvalue weighted by atomic mass is 10.0. The van der Waals surface area contributed by atoms with Crippen LogP contribution < -0.4 is 5.84 Å². The maximum Gasteiger partial charge on any atom is 0.0414 e. The van der Waals surface area contributed by atoms with Crippen LogP contribution in [0.2, 0.25) is 0 Å².